The zero-order chi connectivity index (χ0) is 13.6. The summed E-state index contributed by atoms with van der Waals surface area (Å²) in [5.41, 5.74) is 2.50. The van der Waals surface area contributed by atoms with E-state index in [0.717, 1.165) is 12.3 Å². The van der Waals surface area contributed by atoms with Crippen molar-refractivity contribution in [2.24, 2.45) is 0 Å². The molecule has 1 aromatic carbocycles. The van der Waals surface area contributed by atoms with E-state index in [-0.39, 0.29) is 12.0 Å². The van der Waals surface area contributed by atoms with E-state index < -0.39 is 0 Å². The molecule has 18 heavy (non-hydrogen) atoms. The molecular formula is C15H25NO2. The van der Waals surface area contributed by atoms with Crippen molar-refractivity contribution in [3.05, 3.63) is 29.3 Å². The van der Waals surface area contributed by atoms with E-state index in [1.807, 2.05) is 13.0 Å². The van der Waals surface area contributed by atoms with E-state index >= 15 is 0 Å². The van der Waals surface area contributed by atoms with Gasteiger partial charge in [-0.25, -0.2) is 0 Å². The predicted octanol–water partition coefficient (Wildman–Crippen LogP) is 2.25. The Kier molecular flexibility index (Phi) is 5.63. The van der Waals surface area contributed by atoms with Gasteiger partial charge in [-0.2, -0.15) is 0 Å². The Balaban J connectivity index is 2.79. The van der Waals surface area contributed by atoms with E-state index in [1.165, 1.54) is 11.1 Å². The molecule has 3 nitrogen and oxygen atoms in total. The van der Waals surface area contributed by atoms with Gasteiger partial charge in [0.25, 0.3) is 0 Å². The molecule has 2 N–H and O–H groups in total. The molecule has 0 bridgehead atoms. The molecule has 0 saturated carbocycles. The summed E-state index contributed by atoms with van der Waals surface area (Å²) in [6.07, 6.45) is 0. The lowest BCUT2D eigenvalue weighted by Gasteiger charge is -2.26. The van der Waals surface area contributed by atoms with E-state index in [2.05, 4.69) is 38.2 Å². The van der Waals surface area contributed by atoms with Crippen molar-refractivity contribution >= 4 is 0 Å². The van der Waals surface area contributed by atoms with Crippen molar-refractivity contribution in [1.29, 1.82) is 0 Å². The molecule has 1 rings (SSSR count). The first kappa shape index (κ1) is 15.0. The standard InChI is InChI=1S/C15H25NO2/c1-5-18-14-7-6-13(10-12(14)2)15(3,4)11-16-8-9-17/h6-7,10,16-17H,5,8-9,11H2,1-4H3. The molecule has 0 fully saturated rings. The minimum atomic E-state index is 0.0463. The summed E-state index contributed by atoms with van der Waals surface area (Å²) in [6, 6.07) is 6.35. The van der Waals surface area contributed by atoms with Gasteiger partial charge in [0.2, 0.25) is 0 Å². The second-order valence-corrected chi connectivity index (χ2v) is 5.20. The Morgan fingerprint density at radius 3 is 2.61 bits per heavy atom. The van der Waals surface area contributed by atoms with Gasteiger partial charge in [-0.05, 0) is 31.0 Å². The number of rotatable bonds is 7. The third-order valence-corrected chi connectivity index (χ3v) is 3.11. The van der Waals surface area contributed by atoms with E-state index in [0.29, 0.717) is 13.2 Å². The summed E-state index contributed by atoms with van der Waals surface area (Å²) in [7, 11) is 0. The minimum Gasteiger partial charge on any atom is -0.494 e. The highest BCUT2D eigenvalue weighted by molar-refractivity contribution is 5.39. The van der Waals surface area contributed by atoms with Gasteiger partial charge < -0.3 is 15.2 Å². The number of hydrogen-bond acceptors (Lipinski definition) is 3. The van der Waals surface area contributed by atoms with Crippen molar-refractivity contribution < 1.29 is 9.84 Å². The molecule has 0 unspecified atom stereocenters. The molecule has 3 heteroatoms. The number of nitrogens with one attached hydrogen (secondary N) is 1. The van der Waals surface area contributed by atoms with Crippen LogP contribution in [0, 0.1) is 6.92 Å². The second kappa shape index (κ2) is 6.76. The van der Waals surface area contributed by atoms with E-state index in [9.17, 15) is 0 Å². The summed E-state index contributed by atoms with van der Waals surface area (Å²) >= 11 is 0. The van der Waals surface area contributed by atoms with Gasteiger partial charge in [0.15, 0.2) is 0 Å². The molecule has 0 atom stereocenters. The molecule has 0 aliphatic heterocycles. The van der Waals surface area contributed by atoms with Gasteiger partial charge in [-0.3, -0.25) is 0 Å². The maximum absolute atomic E-state index is 8.79. The summed E-state index contributed by atoms with van der Waals surface area (Å²) in [5.74, 6) is 0.959. The Hall–Kier alpha value is -1.06. The van der Waals surface area contributed by atoms with Crippen molar-refractivity contribution in [2.75, 3.05) is 26.3 Å². The van der Waals surface area contributed by atoms with Gasteiger partial charge in [0.1, 0.15) is 5.75 Å². The van der Waals surface area contributed by atoms with Crippen LogP contribution in [0.15, 0.2) is 18.2 Å². The zero-order valence-corrected chi connectivity index (χ0v) is 11.9. The molecule has 0 aliphatic carbocycles. The SMILES string of the molecule is CCOc1ccc(C(C)(C)CNCCO)cc1C. The molecule has 0 aromatic heterocycles. The number of aliphatic hydroxyl groups is 1. The number of ether oxygens (including phenoxy) is 1. The number of hydrogen-bond donors (Lipinski definition) is 2. The van der Waals surface area contributed by atoms with Crippen LogP contribution in [0.25, 0.3) is 0 Å². The summed E-state index contributed by atoms with van der Waals surface area (Å²) < 4.78 is 5.55. The number of benzene rings is 1. The topological polar surface area (TPSA) is 41.5 Å². The average molecular weight is 251 g/mol. The van der Waals surface area contributed by atoms with Crippen LogP contribution < -0.4 is 10.1 Å². The summed E-state index contributed by atoms with van der Waals surface area (Å²) in [6.45, 7) is 10.8. The van der Waals surface area contributed by atoms with E-state index in [1.54, 1.807) is 0 Å². The molecule has 102 valence electrons. The molecule has 0 saturated heterocycles. The lowest BCUT2D eigenvalue weighted by atomic mass is 9.83. The number of aryl methyl sites for hydroxylation is 1. The molecule has 0 radical (unpaired) electrons. The summed E-state index contributed by atoms with van der Waals surface area (Å²) in [4.78, 5) is 0. The van der Waals surface area contributed by atoms with Gasteiger partial charge in [0.05, 0.1) is 13.2 Å². The lowest BCUT2D eigenvalue weighted by molar-refractivity contribution is 0.286. The monoisotopic (exact) mass is 251 g/mol. The normalized spacial score (nSPS) is 11.6. The van der Waals surface area contributed by atoms with Crippen LogP contribution in [-0.2, 0) is 5.41 Å². The van der Waals surface area contributed by atoms with E-state index in [4.69, 9.17) is 9.84 Å². The average Bonchev–Trinajstić information content (AvgIpc) is 2.32. The number of aliphatic hydroxyl groups excluding tert-OH is 1. The smallest absolute Gasteiger partial charge is 0.122 e. The predicted molar refractivity (Wildman–Crippen MR) is 75.3 cm³/mol. The third kappa shape index (κ3) is 4.00. The molecule has 0 heterocycles. The van der Waals surface area contributed by atoms with Crippen LogP contribution in [0.3, 0.4) is 0 Å². The maximum Gasteiger partial charge on any atom is 0.122 e. The van der Waals surface area contributed by atoms with Crippen molar-refractivity contribution in [3.63, 3.8) is 0 Å². The van der Waals surface area contributed by atoms with Crippen LogP contribution in [-0.4, -0.2) is 31.4 Å². The molecule has 0 spiro atoms. The lowest BCUT2D eigenvalue weighted by Crippen LogP contribution is -2.34. The van der Waals surface area contributed by atoms with Crippen LogP contribution in [0.2, 0.25) is 0 Å². The van der Waals surface area contributed by atoms with Gasteiger partial charge >= 0.3 is 0 Å². The molecule has 0 amide bonds. The quantitative estimate of drug-likeness (QED) is 0.730. The molecular weight excluding hydrogens is 226 g/mol. The fourth-order valence-corrected chi connectivity index (χ4v) is 1.97. The minimum absolute atomic E-state index is 0.0463. The fraction of sp³-hybridized carbons (Fsp3) is 0.600. The van der Waals surface area contributed by atoms with Crippen molar-refractivity contribution in [2.45, 2.75) is 33.1 Å². The summed E-state index contributed by atoms with van der Waals surface area (Å²) in [5, 5.41) is 12.0. The highest BCUT2D eigenvalue weighted by Gasteiger charge is 2.20. The first-order valence-corrected chi connectivity index (χ1v) is 6.56. The Morgan fingerprint density at radius 1 is 1.33 bits per heavy atom. The molecule has 1 aromatic rings. The van der Waals surface area contributed by atoms with Crippen LogP contribution in [0.4, 0.5) is 0 Å². The Bertz CT molecular complexity index is 375. The first-order chi connectivity index (χ1) is 8.51. The van der Waals surface area contributed by atoms with Gasteiger partial charge in [-0.15, -0.1) is 0 Å². The van der Waals surface area contributed by atoms with Crippen molar-refractivity contribution in [1.82, 2.24) is 5.32 Å². The van der Waals surface area contributed by atoms with Crippen LogP contribution in [0.5, 0.6) is 5.75 Å². The first-order valence-electron chi connectivity index (χ1n) is 6.56. The fourth-order valence-electron chi connectivity index (χ4n) is 1.97. The van der Waals surface area contributed by atoms with Crippen molar-refractivity contribution in [3.8, 4) is 5.75 Å². The van der Waals surface area contributed by atoms with Gasteiger partial charge in [-0.1, -0.05) is 26.0 Å². The Labute approximate surface area is 110 Å². The maximum atomic E-state index is 8.79. The second-order valence-electron chi connectivity index (χ2n) is 5.20. The Morgan fingerprint density at radius 2 is 2.06 bits per heavy atom. The largest absolute Gasteiger partial charge is 0.494 e. The third-order valence-electron chi connectivity index (χ3n) is 3.11. The highest BCUT2D eigenvalue weighted by atomic mass is 16.5. The highest BCUT2D eigenvalue weighted by Crippen LogP contribution is 2.27. The molecule has 0 aliphatic rings. The van der Waals surface area contributed by atoms with Crippen LogP contribution >= 0.6 is 0 Å². The zero-order valence-electron chi connectivity index (χ0n) is 11.9. The van der Waals surface area contributed by atoms with Gasteiger partial charge in [0, 0.05) is 18.5 Å². The van der Waals surface area contributed by atoms with Crippen LogP contribution in [0.1, 0.15) is 31.9 Å².